The summed E-state index contributed by atoms with van der Waals surface area (Å²) in [6.07, 6.45) is -3.77. The fourth-order valence-electron chi connectivity index (χ4n) is 2.77. The molecule has 0 unspecified atom stereocenters. The summed E-state index contributed by atoms with van der Waals surface area (Å²) < 4.78 is 61.7. The summed E-state index contributed by atoms with van der Waals surface area (Å²) in [6, 6.07) is -0.618. The molecule has 1 saturated heterocycles. The monoisotopic (exact) mass is 415 g/mol. The van der Waals surface area contributed by atoms with Crippen LogP contribution in [0, 0.1) is 0 Å². The number of nitrogens with zero attached hydrogens (tertiary/aromatic N) is 4. The first-order valence-electron chi connectivity index (χ1n) is 7.88. The summed E-state index contributed by atoms with van der Waals surface area (Å²) >= 11 is 0.731. The number of amides is 1. The second kappa shape index (κ2) is 7.62. The van der Waals surface area contributed by atoms with E-state index >= 15 is 0 Å². The Hall–Kier alpha value is -1.50. The Morgan fingerprint density at radius 1 is 1.46 bits per heavy atom. The molecular weight excluding hydrogens is 395 g/mol. The SMILES string of the molecule is CC[C@@H](C)N(C(=O)CSc1nnc(C(F)(F)F)n1N)[C@H]1CCS(=O)(=O)C1. The third-order valence-electron chi connectivity index (χ3n) is 4.20. The molecule has 1 aliphatic heterocycles. The maximum absolute atomic E-state index is 12.7. The van der Waals surface area contributed by atoms with Crippen molar-refractivity contribution >= 4 is 27.5 Å². The van der Waals surface area contributed by atoms with Gasteiger partial charge in [0.25, 0.3) is 5.82 Å². The van der Waals surface area contributed by atoms with Crippen LogP contribution in [0.3, 0.4) is 0 Å². The van der Waals surface area contributed by atoms with Gasteiger partial charge in [-0.2, -0.15) is 13.2 Å². The number of alkyl halides is 3. The molecule has 148 valence electrons. The van der Waals surface area contributed by atoms with Crippen LogP contribution in [0.25, 0.3) is 0 Å². The minimum absolute atomic E-state index is 0.0249. The van der Waals surface area contributed by atoms with E-state index in [0.717, 1.165) is 11.8 Å². The predicted octanol–water partition coefficient (Wildman–Crippen LogP) is 0.917. The van der Waals surface area contributed by atoms with Gasteiger partial charge in [0.1, 0.15) is 0 Å². The van der Waals surface area contributed by atoms with E-state index in [4.69, 9.17) is 5.84 Å². The molecule has 1 aliphatic rings. The molecule has 0 spiro atoms. The standard InChI is InChI=1S/C13H20F3N5O3S2/c1-3-8(2)20(9-4-5-26(23,24)7-9)10(22)6-25-12-19-18-11(21(12)17)13(14,15)16/h8-9H,3-7,17H2,1-2H3/t8-,9+/m1/s1. The second-order valence-corrected chi connectivity index (χ2v) is 9.25. The molecule has 2 rings (SSSR count). The zero-order chi connectivity index (χ0) is 19.7. The number of rotatable bonds is 6. The lowest BCUT2D eigenvalue weighted by molar-refractivity contribution is -0.146. The van der Waals surface area contributed by atoms with Gasteiger partial charge in [-0.1, -0.05) is 18.7 Å². The zero-order valence-electron chi connectivity index (χ0n) is 14.2. The van der Waals surface area contributed by atoms with Crippen molar-refractivity contribution in [1.29, 1.82) is 0 Å². The van der Waals surface area contributed by atoms with Crippen LogP contribution in [0.4, 0.5) is 13.2 Å². The average molecular weight is 415 g/mol. The van der Waals surface area contributed by atoms with Crippen LogP contribution in [0.15, 0.2) is 5.16 Å². The third kappa shape index (κ3) is 4.61. The van der Waals surface area contributed by atoms with E-state index in [9.17, 15) is 26.4 Å². The summed E-state index contributed by atoms with van der Waals surface area (Å²) in [5.74, 6) is 3.33. The molecule has 0 aliphatic carbocycles. The molecule has 2 atom stereocenters. The zero-order valence-corrected chi connectivity index (χ0v) is 15.9. The van der Waals surface area contributed by atoms with E-state index < -0.39 is 27.9 Å². The van der Waals surface area contributed by atoms with E-state index in [1.165, 1.54) is 4.90 Å². The van der Waals surface area contributed by atoms with Gasteiger partial charge in [0, 0.05) is 12.1 Å². The van der Waals surface area contributed by atoms with E-state index in [1.54, 1.807) is 6.92 Å². The Balaban J connectivity index is 2.10. The van der Waals surface area contributed by atoms with Crippen molar-refractivity contribution in [3.05, 3.63) is 5.82 Å². The number of aromatic nitrogens is 3. The van der Waals surface area contributed by atoms with Crippen molar-refractivity contribution in [3.8, 4) is 0 Å². The number of hydrogen-bond acceptors (Lipinski definition) is 7. The average Bonchev–Trinajstić information content (AvgIpc) is 3.07. The van der Waals surface area contributed by atoms with Crippen molar-refractivity contribution < 1.29 is 26.4 Å². The molecule has 0 aromatic carbocycles. The fraction of sp³-hybridized carbons (Fsp3) is 0.769. The fourth-order valence-corrected chi connectivity index (χ4v) is 5.21. The summed E-state index contributed by atoms with van der Waals surface area (Å²) in [7, 11) is -3.17. The molecule has 0 bridgehead atoms. The van der Waals surface area contributed by atoms with Crippen LogP contribution in [0.5, 0.6) is 0 Å². The van der Waals surface area contributed by atoms with Gasteiger partial charge in [-0.25, -0.2) is 13.1 Å². The molecule has 8 nitrogen and oxygen atoms in total. The van der Waals surface area contributed by atoms with E-state index in [0.29, 0.717) is 17.5 Å². The lowest BCUT2D eigenvalue weighted by atomic mass is 10.1. The topological polar surface area (TPSA) is 111 Å². The molecule has 26 heavy (non-hydrogen) atoms. The Kier molecular flexibility index (Phi) is 6.10. The quantitative estimate of drug-likeness (QED) is 0.543. The van der Waals surface area contributed by atoms with Gasteiger partial charge >= 0.3 is 6.18 Å². The molecular formula is C13H20F3N5O3S2. The van der Waals surface area contributed by atoms with Crippen molar-refractivity contribution in [3.63, 3.8) is 0 Å². The van der Waals surface area contributed by atoms with Gasteiger partial charge in [-0.3, -0.25) is 4.79 Å². The molecule has 1 fully saturated rings. The van der Waals surface area contributed by atoms with Crippen LogP contribution in [-0.4, -0.2) is 63.4 Å². The van der Waals surface area contributed by atoms with Crippen LogP contribution >= 0.6 is 11.8 Å². The minimum Gasteiger partial charge on any atom is -0.335 e. The number of nitrogens with two attached hydrogens (primary N) is 1. The first-order valence-corrected chi connectivity index (χ1v) is 10.7. The summed E-state index contributed by atoms with van der Waals surface area (Å²) in [4.78, 5) is 14.1. The highest BCUT2D eigenvalue weighted by Crippen LogP contribution is 2.29. The Morgan fingerprint density at radius 2 is 2.12 bits per heavy atom. The number of thioether (sulfide) groups is 1. The first-order chi connectivity index (χ1) is 12.0. The molecule has 1 aromatic rings. The Labute approximate surface area is 153 Å². The number of halogens is 3. The molecule has 0 saturated carbocycles. The molecule has 1 aromatic heterocycles. The molecule has 0 radical (unpaired) electrons. The maximum Gasteiger partial charge on any atom is 0.453 e. The van der Waals surface area contributed by atoms with Gasteiger partial charge in [0.05, 0.1) is 17.3 Å². The number of hydrogen-bond donors (Lipinski definition) is 1. The van der Waals surface area contributed by atoms with E-state index in [-0.39, 0.29) is 34.4 Å². The van der Waals surface area contributed by atoms with Gasteiger partial charge in [-0.15, -0.1) is 10.2 Å². The molecule has 1 amide bonds. The molecule has 2 heterocycles. The van der Waals surface area contributed by atoms with Gasteiger partial charge in [-0.05, 0) is 19.8 Å². The largest absolute Gasteiger partial charge is 0.453 e. The highest BCUT2D eigenvalue weighted by Gasteiger charge is 2.39. The van der Waals surface area contributed by atoms with Gasteiger partial charge < -0.3 is 10.7 Å². The van der Waals surface area contributed by atoms with Crippen LogP contribution in [0.2, 0.25) is 0 Å². The summed E-state index contributed by atoms with van der Waals surface area (Å²) in [6.45, 7) is 3.67. The number of carbonyl (C=O) groups is 1. The van der Waals surface area contributed by atoms with Gasteiger partial charge in [0.15, 0.2) is 9.84 Å². The number of sulfone groups is 1. The van der Waals surface area contributed by atoms with Crippen LogP contribution < -0.4 is 5.84 Å². The second-order valence-electron chi connectivity index (χ2n) is 6.08. The van der Waals surface area contributed by atoms with Gasteiger partial charge in [0.2, 0.25) is 11.1 Å². The van der Waals surface area contributed by atoms with E-state index in [2.05, 4.69) is 10.2 Å². The van der Waals surface area contributed by atoms with E-state index in [1.807, 2.05) is 6.92 Å². The van der Waals surface area contributed by atoms with Crippen molar-refractivity contribution in [2.75, 3.05) is 23.1 Å². The first kappa shape index (κ1) is 20.8. The highest BCUT2D eigenvalue weighted by atomic mass is 32.2. The predicted molar refractivity (Wildman–Crippen MR) is 89.6 cm³/mol. The van der Waals surface area contributed by atoms with Crippen molar-refractivity contribution in [2.45, 2.75) is 50.1 Å². The molecule has 2 N–H and O–H groups in total. The van der Waals surface area contributed by atoms with Crippen molar-refractivity contribution in [2.24, 2.45) is 0 Å². The smallest absolute Gasteiger partial charge is 0.335 e. The highest BCUT2D eigenvalue weighted by molar-refractivity contribution is 7.99. The summed E-state index contributed by atoms with van der Waals surface area (Å²) in [5, 5.41) is 6.12. The summed E-state index contributed by atoms with van der Waals surface area (Å²) in [5.41, 5.74) is 0. The Morgan fingerprint density at radius 3 is 2.58 bits per heavy atom. The maximum atomic E-state index is 12.7. The lowest BCUT2D eigenvalue weighted by Crippen LogP contribution is -2.47. The molecule has 13 heteroatoms. The Bertz CT molecular complexity index is 766. The normalized spacial score (nSPS) is 20.9. The lowest BCUT2D eigenvalue weighted by Gasteiger charge is -2.33. The third-order valence-corrected chi connectivity index (χ3v) is 6.88. The minimum atomic E-state index is -4.74. The van der Waals surface area contributed by atoms with Crippen molar-refractivity contribution in [1.82, 2.24) is 19.8 Å². The van der Waals surface area contributed by atoms with Crippen LogP contribution in [0.1, 0.15) is 32.5 Å². The number of nitrogen functional groups attached to an aromatic ring is 1. The van der Waals surface area contributed by atoms with Crippen LogP contribution in [-0.2, 0) is 20.8 Å². The number of carbonyl (C=O) groups excluding carboxylic acids is 1.